The minimum Gasteiger partial charge on any atom is -0.468 e. The van der Waals surface area contributed by atoms with E-state index >= 15 is 0 Å². The van der Waals surface area contributed by atoms with E-state index in [9.17, 15) is 9.59 Å². The van der Waals surface area contributed by atoms with Gasteiger partial charge in [0.2, 0.25) is 5.91 Å². The number of hydrogen-bond acceptors (Lipinski definition) is 5. The van der Waals surface area contributed by atoms with Crippen molar-refractivity contribution in [3.63, 3.8) is 0 Å². The topological polar surface area (TPSA) is 85.5 Å². The Morgan fingerprint density at radius 2 is 2.18 bits per heavy atom. The van der Waals surface area contributed by atoms with Crippen molar-refractivity contribution < 1.29 is 14.3 Å². The number of rotatable bonds is 5. The average molecular weight is 237 g/mol. The van der Waals surface area contributed by atoms with Gasteiger partial charge in [-0.1, -0.05) is 0 Å². The number of carbonyl (C=O) groups is 2. The van der Waals surface area contributed by atoms with Crippen LogP contribution in [0.3, 0.4) is 0 Å². The van der Waals surface area contributed by atoms with Gasteiger partial charge in [0, 0.05) is 12.7 Å². The van der Waals surface area contributed by atoms with Crippen LogP contribution < -0.4 is 10.6 Å². The zero-order valence-corrected chi connectivity index (χ0v) is 9.84. The Labute approximate surface area is 99.4 Å². The van der Waals surface area contributed by atoms with Gasteiger partial charge in [-0.25, -0.2) is 4.98 Å². The summed E-state index contributed by atoms with van der Waals surface area (Å²) in [6.45, 7) is 2.63. The van der Waals surface area contributed by atoms with Crippen LogP contribution in [0.15, 0.2) is 18.3 Å². The molecule has 2 N–H and O–H groups in total. The summed E-state index contributed by atoms with van der Waals surface area (Å²) in [7, 11) is 1.33. The molecule has 0 aliphatic rings. The van der Waals surface area contributed by atoms with Crippen LogP contribution in [-0.2, 0) is 9.53 Å². The van der Waals surface area contributed by atoms with E-state index in [1.807, 2.05) is 6.92 Å². The van der Waals surface area contributed by atoms with Gasteiger partial charge in [-0.05, 0) is 19.1 Å². The van der Waals surface area contributed by atoms with Crippen LogP contribution in [0.4, 0.5) is 5.82 Å². The lowest BCUT2D eigenvalue weighted by atomic mass is 10.2. The van der Waals surface area contributed by atoms with Crippen LogP contribution in [0.1, 0.15) is 17.3 Å². The van der Waals surface area contributed by atoms with E-state index in [1.165, 1.54) is 13.3 Å². The molecule has 1 amide bonds. The zero-order valence-electron chi connectivity index (χ0n) is 9.84. The van der Waals surface area contributed by atoms with Gasteiger partial charge in [-0.15, -0.1) is 0 Å². The van der Waals surface area contributed by atoms with E-state index in [0.29, 0.717) is 17.9 Å². The van der Waals surface area contributed by atoms with E-state index in [-0.39, 0.29) is 12.5 Å². The van der Waals surface area contributed by atoms with Crippen LogP contribution in [0.5, 0.6) is 0 Å². The molecule has 92 valence electrons. The van der Waals surface area contributed by atoms with Gasteiger partial charge in [-0.3, -0.25) is 9.59 Å². The van der Waals surface area contributed by atoms with Crippen LogP contribution in [0, 0.1) is 0 Å². The second kappa shape index (κ2) is 5.83. The van der Waals surface area contributed by atoms with Crippen LogP contribution in [-0.4, -0.2) is 37.1 Å². The number of methoxy groups -OCH3 is 1. The van der Waals surface area contributed by atoms with E-state index in [2.05, 4.69) is 9.72 Å². The monoisotopic (exact) mass is 237 g/mol. The molecule has 6 nitrogen and oxygen atoms in total. The number of primary amides is 1. The first-order valence-electron chi connectivity index (χ1n) is 5.16. The number of carbonyl (C=O) groups excluding carboxylic acids is 2. The van der Waals surface area contributed by atoms with Crippen molar-refractivity contribution >= 4 is 17.7 Å². The number of nitrogens with two attached hydrogens (primary N) is 1. The van der Waals surface area contributed by atoms with Crippen molar-refractivity contribution in [1.82, 2.24) is 4.98 Å². The second-order valence-corrected chi connectivity index (χ2v) is 3.36. The Kier molecular flexibility index (Phi) is 4.45. The summed E-state index contributed by atoms with van der Waals surface area (Å²) in [6.07, 6.45) is 1.39. The number of aromatic nitrogens is 1. The molecule has 1 aromatic rings. The molecule has 0 saturated carbocycles. The summed E-state index contributed by atoms with van der Waals surface area (Å²) < 4.78 is 4.58. The van der Waals surface area contributed by atoms with E-state index in [0.717, 1.165) is 0 Å². The molecular weight excluding hydrogens is 222 g/mol. The van der Waals surface area contributed by atoms with Crippen molar-refractivity contribution in [3.8, 4) is 0 Å². The Morgan fingerprint density at radius 1 is 1.47 bits per heavy atom. The molecule has 0 bridgehead atoms. The standard InChI is InChI=1S/C11H15N3O3/c1-3-14(7-10(15)17-2)9-5-4-8(6-13-9)11(12)16/h4-6H,3,7H2,1-2H3,(H2,12,16). The van der Waals surface area contributed by atoms with E-state index in [4.69, 9.17) is 5.73 Å². The smallest absolute Gasteiger partial charge is 0.325 e. The van der Waals surface area contributed by atoms with Gasteiger partial charge in [0.25, 0.3) is 0 Å². The molecule has 0 aromatic carbocycles. The molecule has 0 aliphatic heterocycles. The van der Waals surface area contributed by atoms with Gasteiger partial charge in [0.05, 0.1) is 12.7 Å². The normalized spacial score (nSPS) is 9.76. The minimum absolute atomic E-state index is 0.121. The summed E-state index contributed by atoms with van der Waals surface area (Å²) in [5.74, 6) is -0.268. The van der Waals surface area contributed by atoms with Crippen molar-refractivity contribution in [1.29, 1.82) is 0 Å². The lowest BCUT2D eigenvalue weighted by Gasteiger charge is -2.20. The molecule has 0 saturated heterocycles. The third-order valence-electron chi connectivity index (χ3n) is 2.29. The first-order chi connectivity index (χ1) is 8.08. The quantitative estimate of drug-likeness (QED) is 0.738. The van der Waals surface area contributed by atoms with Crippen molar-refractivity contribution in [2.45, 2.75) is 6.92 Å². The molecule has 0 unspecified atom stereocenters. The molecule has 1 heterocycles. The summed E-state index contributed by atoms with van der Waals surface area (Å²) in [6, 6.07) is 3.22. The largest absolute Gasteiger partial charge is 0.468 e. The molecule has 0 spiro atoms. The van der Waals surface area contributed by atoms with Gasteiger partial charge < -0.3 is 15.4 Å². The molecule has 0 radical (unpaired) electrons. The molecule has 0 aliphatic carbocycles. The van der Waals surface area contributed by atoms with Crippen LogP contribution in [0.2, 0.25) is 0 Å². The number of nitrogens with zero attached hydrogens (tertiary/aromatic N) is 2. The highest BCUT2D eigenvalue weighted by Gasteiger charge is 2.11. The minimum atomic E-state index is -0.528. The third kappa shape index (κ3) is 3.44. The Morgan fingerprint density at radius 3 is 2.59 bits per heavy atom. The Balaban J connectivity index is 2.82. The summed E-state index contributed by atoms with van der Waals surface area (Å²) in [4.78, 5) is 27.8. The van der Waals surface area contributed by atoms with Gasteiger partial charge >= 0.3 is 5.97 Å². The lowest BCUT2D eigenvalue weighted by Crippen LogP contribution is -2.31. The molecule has 1 rings (SSSR count). The highest BCUT2D eigenvalue weighted by atomic mass is 16.5. The summed E-state index contributed by atoms with van der Waals surface area (Å²) in [5.41, 5.74) is 5.44. The predicted octanol–water partition coefficient (Wildman–Crippen LogP) is 0.180. The maximum atomic E-state index is 11.2. The maximum Gasteiger partial charge on any atom is 0.325 e. The molecule has 6 heteroatoms. The Hall–Kier alpha value is -2.11. The molecule has 1 aromatic heterocycles. The zero-order chi connectivity index (χ0) is 12.8. The lowest BCUT2D eigenvalue weighted by molar-refractivity contribution is -0.138. The first-order valence-corrected chi connectivity index (χ1v) is 5.16. The fourth-order valence-electron chi connectivity index (χ4n) is 1.29. The molecule has 0 fully saturated rings. The SMILES string of the molecule is CCN(CC(=O)OC)c1ccc(C(N)=O)cn1. The number of anilines is 1. The fourth-order valence-corrected chi connectivity index (χ4v) is 1.29. The van der Waals surface area contributed by atoms with Gasteiger partial charge in [-0.2, -0.15) is 0 Å². The number of pyridine rings is 1. The average Bonchev–Trinajstić information content (AvgIpc) is 2.35. The molecule has 17 heavy (non-hydrogen) atoms. The fraction of sp³-hybridized carbons (Fsp3) is 0.364. The highest BCUT2D eigenvalue weighted by molar-refractivity contribution is 5.92. The van der Waals surface area contributed by atoms with Crippen molar-refractivity contribution in [2.75, 3.05) is 25.1 Å². The number of ether oxygens (including phenoxy) is 1. The molecule has 0 atom stereocenters. The van der Waals surface area contributed by atoms with Gasteiger partial charge in [0.1, 0.15) is 12.4 Å². The van der Waals surface area contributed by atoms with Crippen molar-refractivity contribution in [3.05, 3.63) is 23.9 Å². The summed E-state index contributed by atoms with van der Waals surface area (Å²) >= 11 is 0. The second-order valence-electron chi connectivity index (χ2n) is 3.36. The third-order valence-corrected chi connectivity index (χ3v) is 2.29. The summed E-state index contributed by atoms with van der Waals surface area (Å²) in [5, 5.41) is 0. The highest BCUT2D eigenvalue weighted by Crippen LogP contribution is 2.10. The maximum absolute atomic E-state index is 11.2. The number of esters is 1. The molecular formula is C11H15N3O3. The van der Waals surface area contributed by atoms with Gasteiger partial charge in [0.15, 0.2) is 0 Å². The van der Waals surface area contributed by atoms with Crippen LogP contribution >= 0.6 is 0 Å². The first kappa shape index (κ1) is 13.0. The van der Waals surface area contributed by atoms with E-state index in [1.54, 1.807) is 17.0 Å². The number of hydrogen-bond donors (Lipinski definition) is 1. The van der Waals surface area contributed by atoms with E-state index < -0.39 is 5.91 Å². The number of amides is 1. The van der Waals surface area contributed by atoms with Crippen molar-refractivity contribution in [2.24, 2.45) is 5.73 Å². The Bertz CT molecular complexity index is 403. The predicted molar refractivity (Wildman–Crippen MR) is 62.7 cm³/mol. The van der Waals surface area contributed by atoms with Crippen LogP contribution in [0.25, 0.3) is 0 Å². The number of likely N-dealkylation sites (N-methyl/N-ethyl adjacent to an activating group) is 1.